The molecule has 4 nitrogen and oxygen atoms in total. The molecule has 1 aromatic heterocycles. The van der Waals surface area contributed by atoms with Crippen LogP contribution in [0, 0.1) is 0 Å². The molecule has 0 spiro atoms. The Kier molecular flexibility index (Phi) is 5.51. The van der Waals surface area contributed by atoms with Crippen LogP contribution in [0.15, 0.2) is 72.8 Å². The zero-order valence-electron chi connectivity index (χ0n) is 17.5. The van der Waals surface area contributed by atoms with Gasteiger partial charge in [-0.05, 0) is 37.0 Å². The molecule has 1 saturated carbocycles. The first-order valence-corrected chi connectivity index (χ1v) is 10.6. The van der Waals surface area contributed by atoms with Crippen LogP contribution in [0.25, 0.3) is 33.5 Å². The monoisotopic (exact) mass is 397 g/mol. The van der Waals surface area contributed by atoms with E-state index in [2.05, 4.69) is 24.3 Å². The topological polar surface area (TPSA) is 72.0 Å². The molecular formula is C26H27N3O. The molecule has 0 unspecified atom stereocenters. The van der Waals surface area contributed by atoms with Crippen molar-refractivity contribution in [2.75, 3.05) is 0 Å². The van der Waals surface area contributed by atoms with Gasteiger partial charge >= 0.3 is 0 Å². The number of rotatable bonds is 3. The Morgan fingerprint density at radius 3 is 2.03 bits per heavy atom. The molecule has 0 radical (unpaired) electrons. The molecule has 1 aliphatic rings. The van der Waals surface area contributed by atoms with E-state index in [1.807, 2.05) is 50.2 Å². The number of phenols is 1. The van der Waals surface area contributed by atoms with E-state index in [9.17, 15) is 5.11 Å². The second-order valence-electron chi connectivity index (χ2n) is 7.52. The van der Waals surface area contributed by atoms with Gasteiger partial charge in [-0.25, -0.2) is 9.97 Å². The molecule has 1 fully saturated rings. The normalized spacial score (nSPS) is 14.5. The van der Waals surface area contributed by atoms with Crippen molar-refractivity contribution >= 4 is 11.0 Å². The number of fused-ring (bicyclic) bond motifs is 1. The van der Waals surface area contributed by atoms with Gasteiger partial charge < -0.3 is 10.8 Å². The Labute approximate surface area is 177 Å². The van der Waals surface area contributed by atoms with Crippen molar-refractivity contribution in [1.82, 2.24) is 9.97 Å². The van der Waals surface area contributed by atoms with Crippen LogP contribution in [0.4, 0.5) is 0 Å². The predicted octanol–water partition coefficient (Wildman–Crippen LogP) is 6.03. The second kappa shape index (κ2) is 8.25. The molecule has 152 valence electrons. The summed E-state index contributed by atoms with van der Waals surface area (Å²) in [6.07, 6.45) is 3.25. The van der Waals surface area contributed by atoms with Crippen molar-refractivity contribution < 1.29 is 5.11 Å². The number of para-hydroxylation sites is 1. The van der Waals surface area contributed by atoms with E-state index in [1.165, 1.54) is 12.0 Å². The van der Waals surface area contributed by atoms with E-state index in [1.54, 1.807) is 12.1 Å². The molecule has 1 heterocycles. The molecule has 4 aromatic rings. The summed E-state index contributed by atoms with van der Waals surface area (Å²) >= 11 is 0. The number of nitrogens with two attached hydrogens (primary N) is 1. The summed E-state index contributed by atoms with van der Waals surface area (Å²) in [6.45, 7) is 4.00. The molecule has 1 aliphatic carbocycles. The molecule has 0 bridgehead atoms. The smallest absolute Gasteiger partial charge is 0.143 e. The zero-order valence-corrected chi connectivity index (χ0v) is 17.5. The van der Waals surface area contributed by atoms with Crippen molar-refractivity contribution in [2.45, 2.75) is 38.6 Å². The van der Waals surface area contributed by atoms with Crippen LogP contribution in [0.1, 0.15) is 38.7 Å². The quantitative estimate of drug-likeness (QED) is 0.442. The van der Waals surface area contributed by atoms with Crippen molar-refractivity contribution in [3.63, 3.8) is 0 Å². The number of benzene rings is 3. The van der Waals surface area contributed by atoms with Crippen LogP contribution in [0.2, 0.25) is 0 Å². The molecule has 0 saturated heterocycles. The summed E-state index contributed by atoms with van der Waals surface area (Å²) in [4.78, 5) is 9.64. The predicted molar refractivity (Wildman–Crippen MR) is 123 cm³/mol. The van der Waals surface area contributed by atoms with Crippen LogP contribution < -0.4 is 5.73 Å². The highest BCUT2D eigenvalue weighted by molar-refractivity contribution is 5.89. The highest BCUT2D eigenvalue weighted by Crippen LogP contribution is 2.40. The zero-order chi connectivity index (χ0) is 21.1. The third-order valence-corrected chi connectivity index (χ3v) is 5.70. The lowest BCUT2D eigenvalue weighted by molar-refractivity contribution is 0.253. The number of hydrogen-bond acceptors (Lipinski definition) is 4. The van der Waals surface area contributed by atoms with Gasteiger partial charge in [0, 0.05) is 16.7 Å². The summed E-state index contributed by atoms with van der Waals surface area (Å²) < 4.78 is 0. The molecule has 5 rings (SSSR count). The minimum Gasteiger partial charge on any atom is -0.506 e. The Balaban J connectivity index is 0.00000106. The maximum atomic E-state index is 10.3. The van der Waals surface area contributed by atoms with Gasteiger partial charge in [-0.1, -0.05) is 74.5 Å². The molecular weight excluding hydrogens is 370 g/mol. The molecule has 4 heteroatoms. The van der Waals surface area contributed by atoms with Crippen molar-refractivity contribution in [2.24, 2.45) is 5.73 Å². The highest BCUT2D eigenvalue weighted by atomic mass is 16.3. The number of aromatic hydroxyl groups is 1. The van der Waals surface area contributed by atoms with Crippen LogP contribution >= 0.6 is 0 Å². The minimum atomic E-state index is -0.186. The average Bonchev–Trinajstić information content (AvgIpc) is 2.79. The summed E-state index contributed by atoms with van der Waals surface area (Å²) in [5.74, 6) is 0.137. The first-order chi connectivity index (χ1) is 14.6. The molecule has 3 N–H and O–H groups in total. The fourth-order valence-corrected chi connectivity index (χ4v) is 3.87. The highest BCUT2D eigenvalue weighted by Gasteiger charge is 2.34. The Morgan fingerprint density at radius 1 is 0.767 bits per heavy atom. The largest absolute Gasteiger partial charge is 0.506 e. The van der Waals surface area contributed by atoms with Gasteiger partial charge in [-0.15, -0.1) is 0 Å². The summed E-state index contributed by atoms with van der Waals surface area (Å²) in [5.41, 5.74) is 12.1. The van der Waals surface area contributed by atoms with E-state index in [4.69, 9.17) is 15.7 Å². The molecule has 3 aromatic carbocycles. The molecule has 0 amide bonds. The van der Waals surface area contributed by atoms with Crippen molar-refractivity contribution in [3.05, 3.63) is 78.4 Å². The molecule has 30 heavy (non-hydrogen) atoms. The average molecular weight is 398 g/mol. The summed E-state index contributed by atoms with van der Waals surface area (Å²) in [5, 5.41) is 10.3. The van der Waals surface area contributed by atoms with Gasteiger partial charge in [0.25, 0.3) is 0 Å². The second-order valence-corrected chi connectivity index (χ2v) is 7.52. The fraction of sp³-hybridized carbons (Fsp3) is 0.231. The third kappa shape index (κ3) is 3.55. The Bertz CT molecular complexity index is 1150. The molecule has 0 aliphatic heterocycles. The lowest BCUT2D eigenvalue weighted by atomic mass is 9.72. The fourth-order valence-electron chi connectivity index (χ4n) is 3.87. The van der Waals surface area contributed by atoms with Crippen molar-refractivity contribution in [1.29, 1.82) is 0 Å². The Morgan fingerprint density at radius 2 is 1.40 bits per heavy atom. The Hall–Kier alpha value is -3.24. The van der Waals surface area contributed by atoms with E-state index in [0.29, 0.717) is 11.0 Å². The van der Waals surface area contributed by atoms with E-state index in [-0.39, 0.29) is 11.3 Å². The lowest BCUT2D eigenvalue weighted by Gasteiger charge is -2.38. The first kappa shape index (κ1) is 20.0. The van der Waals surface area contributed by atoms with Gasteiger partial charge in [0.15, 0.2) is 0 Å². The summed E-state index contributed by atoms with van der Waals surface area (Å²) in [6, 6.07) is 23.6. The number of phenolic OH excluding ortho intramolecular Hbond substituents is 1. The van der Waals surface area contributed by atoms with Crippen molar-refractivity contribution in [3.8, 4) is 28.3 Å². The van der Waals surface area contributed by atoms with Crippen LogP contribution in [-0.2, 0) is 5.54 Å². The van der Waals surface area contributed by atoms with E-state index in [0.717, 1.165) is 35.4 Å². The van der Waals surface area contributed by atoms with E-state index >= 15 is 0 Å². The summed E-state index contributed by atoms with van der Waals surface area (Å²) in [7, 11) is 0. The van der Waals surface area contributed by atoms with Gasteiger partial charge in [0.1, 0.15) is 11.3 Å². The number of hydrogen-bond donors (Lipinski definition) is 2. The standard InChI is InChI=1S/C24H21N3O.C2H6/c25-24(14-5-15-24)18-12-10-17(11-13-18)22-21(16-6-2-1-3-7-16)26-19-8-4-9-20(28)23(19)27-22;1-2/h1-4,6-13,28H,5,14-15,25H2;1-2H3. The minimum absolute atomic E-state index is 0.137. The van der Waals surface area contributed by atoms with E-state index < -0.39 is 0 Å². The lowest BCUT2D eigenvalue weighted by Crippen LogP contribution is -2.43. The maximum absolute atomic E-state index is 10.3. The van der Waals surface area contributed by atoms with Crippen LogP contribution in [0.5, 0.6) is 5.75 Å². The van der Waals surface area contributed by atoms with Gasteiger partial charge in [0.05, 0.1) is 16.9 Å². The van der Waals surface area contributed by atoms with Gasteiger partial charge in [-0.3, -0.25) is 0 Å². The number of nitrogens with zero attached hydrogens (tertiary/aromatic N) is 2. The van der Waals surface area contributed by atoms with Gasteiger partial charge in [-0.2, -0.15) is 0 Å². The van der Waals surface area contributed by atoms with Gasteiger partial charge in [0.2, 0.25) is 0 Å². The molecule has 0 atom stereocenters. The van der Waals surface area contributed by atoms with Crippen LogP contribution in [-0.4, -0.2) is 15.1 Å². The number of aromatic nitrogens is 2. The third-order valence-electron chi connectivity index (χ3n) is 5.70. The SMILES string of the molecule is CC.NC1(c2ccc(-c3nc4c(O)cccc4nc3-c3ccccc3)cc2)CCC1. The maximum Gasteiger partial charge on any atom is 0.143 e. The van der Waals surface area contributed by atoms with Crippen LogP contribution in [0.3, 0.4) is 0 Å². The first-order valence-electron chi connectivity index (χ1n) is 10.6.